The first-order valence-corrected chi connectivity index (χ1v) is 9.82. The summed E-state index contributed by atoms with van der Waals surface area (Å²) >= 11 is 0. The molecule has 0 atom stereocenters. The first-order valence-electron chi connectivity index (χ1n) is 9.82. The Bertz CT molecular complexity index is 980. The fourth-order valence-electron chi connectivity index (χ4n) is 3.16. The number of nitrogens with zero attached hydrogens (tertiary/aromatic N) is 1. The quantitative estimate of drug-likeness (QED) is 0.282. The smallest absolute Gasteiger partial charge is 0.271 e. The minimum absolute atomic E-state index is 0.0590. The zero-order valence-electron chi connectivity index (χ0n) is 16.4. The second-order valence-electron chi connectivity index (χ2n) is 6.99. The number of carbonyl (C=O) groups is 1. The number of rotatable bonds is 8. The van der Waals surface area contributed by atoms with Crippen LogP contribution in [0.1, 0.15) is 42.1 Å². The largest absolute Gasteiger partial charge is 0.322 e. The molecule has 0 saturated heterocycles. The third kappa shape index (κ3) is 5.51. The molecule has 0 aliphatic carbocycles. The van der Waals surface area contributed by atoms with Crippen LogP contribution in [0.25, 0.3) is 11.1 Å². The van der Waals surface area contributed by atoms with Crippen LogP contribution in [-0.2, 0) is 6.42 Å². The highest BCUT2D eigenvalue weighted by molar-refractivity contribution is 6.04. The molecule has 1 N–H and O–H groups in total. The molecule has 0 saturated carbocycles. The number of nitro groups is 1. The van der Waals surface area contributed by atoms with Gasteiger partial charge in [-0.15, -0.1) is 0 Å². The van der Waals surface area contributed by atoms with E-state index in [4.69, 9.17) is 0 Å². The van der Waals surface area contributed by atoms with Gasteiger partial charge < -0.3 is 5.32 Å². The summed E-state index contributed by atoms with van der Waals surface area (Å²) in [6.45, 7) is 2.21. The van der Waals surface area contributed by atoms with Crippen LogP contribution < -0.4 is 5.32 Å². The summed E-state index contributed by atoms with van der Waals surface area (Å²) in [4.78, 5) is 22.8. The Balaban J connectivity index is 1.65. The van der Waals surface area contributed by atoms with Crippen molar-refractivity contribution in [1.29, 1.82) is 0 Å². The lowest BCUT2D eigenvalue weighted by Crippen LogP contribution is -2.11. The first-order chi connectivity index (χ1) is 14.1. The second-order valence-corrected chi connectivity index (χ2v) is 6.99. The number of unbranched alkanes of at least 4 members (excludes halogenated alkanes) is 2. The van der Waals surface area contributed by atoms with Gasteiger partial charge in [-0.1, -0.05) is 62.2 Å². The summed E-state index contributed by atoms with van der Waals surface area (Å²) in [5.74, 6) is -0.302. The number of non-ortho nitro benzene ring substituents is 1. The molecular weight excluding hydrogens is 364 g/mol. The lowest BCUT2D eigenvalue weighted by molar-refractivity contribution is -0.384. The summed E-state index contributed by atoms with van der Waals surface area (Å²) in [5, 5.41) is 13.6. The molecule has 3 rings (SSSR count). The van der Waals surface area contributed by atoms with E-state index in [-0.39, 0.29) is 11.6 Å². The predicted octanol–water partition coefficient (Wildman–Crippen LogP) is 6.25. The molecule has 0 aromatic heterocycles. The molecule has 29 heavy (non-hydrogen) atoms. The van der Waals surface area contributed by atoms with Crippen LogP contribution in [0.5, 0.6) is 0 Å². The van der Waals surface area contributed by atoms with Crippen molar-refractivity contribution >= 4 is 17.3 Å². The third-order valence-corrected chi connectivity index (χ3v) is 4.82. The zero-order valence-corrected chi connectivity index (χ0v) is 16.4. The molecule has 0 bridgehead atoms. The van der Waals surface area contributed by atoms with Crippen molar-refractivity contribution < 1.29 is 9.72 Å². The predicted molar refractivity (Wildman–Crippen MR) is 116 cm³/mol. The van der Waals surface area contributed by atoms with Crippen LogP contribution in [-0.4, -0.2) is 10.8 Å². The van der Waals surface area contributed by atoms with Gasteiger partial charge in [-0.25, -0.2) is 0 Å². The zero-order chi connectivity index (χ0) is 20.6. The van der Waals surface area contributed by atoms with Gasteiger partial charge in [-0.3, -0.25) is 14.9 Å². The van der Waals surface area contributed by atoms with Crippen LogP contribution in [0.2, 0.25) is 0 Å². The van der Waals surface area contributed by atoms with Gasteiger partial charge in [-0.05, 0) is 47.7 Å². The monoisotopic (exact) mass is 388 g/mol. The summed E-state index contributed by atoms with van der Waals surface area (Å²) in [5.41, 5.74) is 4.32. The maximum absolute atomic E-state index is 12.4. The van der Waals surface area contributed by atoms with E-state index in [9.17, 15) is 14.9 Å². The maximum atomic E-state index is 12.4. The standard InChI is InChI=1S/C24H24N2O3/c1-2-3-4-6-18-9-11-19(12-10-18)20-13-15-21(16-14-20)24(27)25-22-7-5-8-23(17-22)26(28)29/h5,7-17H,2-4,6H2,1H3,(H,25,27). The van der Waals surface area contributed by atoms with Crippen molar-refractivity contribution in [1.82, 2.24) is 0 Å². The molecule has 148 valence electrons. The second kappa shape index (κ2) is 9.64. The summed E-state index contributed by atoms with van der Waals surface area (Å²) in [6, 6.07) is 21.8. The number of aryl methyl sites for hydroxylation is 1. The van der Waals surface area contributed by atoms with E-state index in [0.29, 0.717) is 11.3 Å². The normalized spacial score (nSPS) is 10.5. The Morgan fingerprint density at radius 2 is 1.59 bits per heavy atom. The Morgan fingerprint density at radius 3 is 2.21 bits per heavy atom. The van der Waals surface area contributed by atoms with Crippen molar-refractivity contribution in [2.75, 3.05) is 5.32 Å². The van der Waals surface area contributed by atoms with Crippen molar-refractivity contribution in [3.05, 3.63) is 94.0 Å². The Kier molecular flexibility index (Phi) is 6.74. The molecule has 3 aromatic rings. The molecule has 0 aliphatic rings. The average molecular weight is 388 g/mol. The molecule has 5 nitrogen and oxygen atoms in total. The molecule has 0 fully saturated rings. The topological polar surface area (TPSA) is 72.2 Å². The Morgan fingerprint density at radius 1 is 0.931 bits per heavy atom. The highest BCUT2D eigenvalue weighted by atomic mass is 16.6. The number of nitrogens with one attached hydrogen (secondary N) is 1. The minimum atomic E-state index is -0.487. The lowest BCUT2D eigenvalue weighted by Gasteiger charge is -2.07. The maximum Gasteiger partial charge on any atom is 0.271 e. The van der Waals surface area contributed by atoms with Gasteiger partial charge in [0.15, 0.2) is 0 Å². The van der Waals surface area contributed by atoms with Gasteiger partial charge in [0.1, 0.15) is 0 Å². The average Bonchev–Trinajstić information content (AvgIpc) is 2.75. The van der Waals surface area contributed by atoms with Crippen LogP contribution in [0.4, 0.5) is 11.4 Å². The summed E-state index contributed by atoms with van der Waals surface area (Å²) in [6.07, 6.45) is 4.79. The van der Waals surface area contributed by atoms with E-state index >= 15 is 0 Å². The Labute approximate surface area is 170 Å². The number of hydrogen-bond donors (Lipinski definition) is 1. The Hall–Kier alpha value is -3.47. The summed E-state index contributed by atoms with van der Waals surface area (Å²) in [7, 11) is 0. The molecule has 0 aliphatic heterocycles. The van der Waals surface area contributed by atoms with E-state index < -0.39 is 4.92 Å². The fraction of sp³-hybridized carbons (Fsp3) is 0.208. The van der Waals surface area contributed by atoms with Crippen LogP contribution in [0, 0.1) is 10.1 Å². The van der Waals surface area contributed by atoms with Crippen LogP contribution >= 0.6 is 0 Å². The van der Waals surface area contributed by atoms with E-state index in [1.165, 1.54) is 37.0 Å². The highest BCUT2D eigenvalue weighted by Crippen LogP contribution is 2.22. The fourth-order valence-corrected chi connectivity index (χ4v) is 3.16. The lowest BCUT2D eigenvalue weighted by atomic mass is 10.0. The molecule has 3 aromatic carbocycles. The van der Waals surface area contributed by atoms with Crippen LogP contribution in [0.3, 0.4) is 0 Å². The SMILES string of the molecule is CCCCCc1ccc(-c2ccc(C(=O)Nc3cccc([N+](=O)[O-])c3)cc2)cc1. The number of anilines is 1. The van der Waals surface area contributed by atoms with E-state index in [1.54, 1.807) is 24.3 Å². The first kappa shape index (κ1) is 20.3. The van der Waals surface area contributed by atoms with Crippen molar-refractivity contribution in [2.45, 2.75) is 32.6 Å². The van der Waals surface area contributed by atoms with Gasteiger partial charge in [0, 0.05) is 23.4 Å². The van der Waals surface area contributed by atoms with Gasteiger partial charge >= 0.3 is 0 Å². The van der Waals surface area contributed by atoms with Gasteiger partial charge in [0.05, 0.1) is 4.92 Å². The van der Waals surface area contributed by atoms with Crippen molar-refractivity contribution in [3.63, 3.8) is 0 Å². The van der Waals surface area contributed by atoms with Crippen molar-refractivity contribution in [3.8, 4) is 11.1 Å². The van der Waals surface area contributed by atoms with E-state index in [2.05, 4.69) is 36.5 Å². The van der Waals surface area contributed by atoms with Gasteiger partial charge in [0.25, 0.3) is 11.6 Å². The highest BCUT2D eigenvalue weighted by Gasteiger charge is 2.10. The molecular formula is C24H24N2O3. The molecule has 1 amide bonds. The molecule has 0 heterocycles. The number of nitro benzene ring substituents is 1. The van der Waals surface area contributed by atoms with Gasteiger partial charge in [0.2, 0.25) is 0 Å². The number of carbonyl (C=O) groups excluding carboxylic acids is 1. The molecule has 0 spiro atoms. The number of amides is 1. The minimum Gasteiger partial charge on any atom is -0.322 e. The van der Waals surface area contributed by atoms with E-state index in [1.807, 2.05) is 12.1 Å². The third-order valence-electron chi connectivity index (χ3n) is 4.82. The number of hydrogen-bond acceptors (Lipinski definition) is 3. The van der Waals surface area contributed by atoms with E-state index in [0.717, 1.165) is 17.5 Å². The number of benzene rings is 3. The molecule has 0 unspecified atom stereocenters. The molecule has 5 heteroatoms. The van der Waals surface area contributed by atoms with Gasteiger partial charge in [-0.2, -0.15) is 0 Å². The summed E-state index contributed by atoms with van der Waals surface area (Å²) < 4.78 is 0. The van der Waals surface area contributed by atoms with Crippen molar-refractivity contribution in [2.24, 2.45) is 0 Å². The van der Waals surface area contributed by atoms with Crippen LogP contribution in [0.15, 0.2) is 72.8 Å². The molecule has 0 radical (unpaired) electrons.